The smallest absolute Gasteiger partial charge is 0.316 e. The topological polar surface area (TPSA) is 51.9 Å². The van der Waals surface area contributed by atoms with Crippen molar-refractivity contribution >= 4 is 12.4 Å². The first-order chi connectivity index (χ1) is 8.63. The summed E-state index contributed by atoms with van der Waals surface area (Å²) >= 11 is 0. The lowest BCUT2D eigenvalue weighted by molar-refractivity contribution is 0.120. The zero-order valence-corrected chi connectivity index (χ0v) is 11.6. The van der Waals surface area contributed by atoms with Crippen LogP contribution in [0.5, 0.6) is 0 Å². The fraction of sp³-hybridized carbons (Fsp3) is 0.818. The third-order valence-electron chi connectivity index (χ3n) is 3.24. The Labute approximate surface area is 116 Å². The van der Waals surface area contributed by atoms with Crippen molar-refractivity contribution in [3.05, 3.63) is 16.3 Å². The second-order valence-electron chi connectivity index (χ2n) is 4.50. The van der Waals surface area contributed by atoms with E-state index in [2.05, 4.69) is 10.4 Å². The molecule has 2 heterocycles. The van der Waals surface area contributed by atoms with E-state index in [0.717, 1.165) is 30.6 Å². The van der Waals surface area contributed by atoms with Gasteiger partial charge >= 0.3 is 5.69 Å². The van der Waals surface area contributed by atoms with Crippen molar-refractivity contribution in [2.24, 2.45) is 0 Å². The monoisotopic (exact) mass is 296 g/mol. The Morgan fingerprint density at radius 3 is 2.79 bits per heavy atom. The molecular weight excluding hydrogens is 278 g/mol. The lowest BCUT2D eigenvalue weighted by Crippen LogP contribution is -2.31. The van der Waals surface area contributed by atoms with Gasteiger partial charge in [0.05, 0.1) is 0 Å². The normalized spacial score (nSPS) is 19.5. The van der Waals surface area contributed by atoms with E-state index < -0.39 is 18.7 Å². The maximum Gasteiger partial charge on any atom is 0.346 e. The van der Waals surface area contributed by atoms with Crippen LogP contribution in [0.4, 0.5) is 8.78 Å². The maximum absolute atomic E-state index is 12.4. The summed E-state index contributed by atoms with van der Waals surface area (Å²) in [6, 6.07) is 0. The van der Waals surface area contributed by atoms with E-state index in [0.29, 0.717) is 12.4 Å². The average Bonchev–Trinajstić information content (AvgIpc) is 2.67. The molecule has 0 saturated carbocycles. The molecule has 0 radical (unpaired) electrons. The van der Waals surface area contributed by atoms with Crippen LogP contribution in [0.1, 0.15) is 31.5 Å². The van der Waals surface area contributed by atoms with Gasteiger partial charge in [0.15, 0.2) is 0 Å². The summed E-state index contributed by atoms with van der Waals surface area (Å²) in [6.45, 7) is 3.39. The highest BCUT2D eigenvalue weighted by molar-refractivity contribution is 5.85. The summed E-state index contributed by atoms with van der Waals surface area (Å²) < 4.78 is 27.1. The largest absolute Gasteiger partial charge is 0.346 e. The Kier molecular flexibility index (Phi) is 5.93. The Morgan fingerprint density at radius 2 is 2.26 bits per heavy atom. The van der Waals surface area contributed by atoms with E-state index in [-0.39, 0.29) is 18.3 Å². The molecule has 0 aliphatic carbocycles. The van der Waals surface area contributed by atoms with E-state index in [1.54, 1.807) is 0 Å². The fourth-order valence-corrected chi connectivity index (χ4v) is 2.38. The van der Waals surface area contributed by atoms with Crippen LogP contribution in [0.3, 0.4) is 0 Å². The molecule has 1 unspecified atom stereocenters. The summed E-state index contributed by atoms with van der Waals surface area (Å²) in [5.41, 5.74) is -0.432. The van der Waals surface area contributed by atoms with Gasteiger partial charge in [-0.1, -0.05) is 0 Å². The molecular formula is C11H19ClF2N4O. The maximum atomic E-state index is 12.4. The molecule has 19 heavy (non-hydrogen) atoms. The van der Waals surface area contributed by atoms with Crippen LogP contribution >= 0.6 is 12.4 Å². The van der Waals surface area contributed by atoms with Crippen LogP contribution in [0.25, 0.3) is 0 Å². The van der Waals surface area contributed by atoms with Gasteiger partial charge in [-0.05, 0) is 26.3 Å². The van der Waals surface area contributed by atoms with Gasteiger partial charge in [0.25, 0.3) is 6.43 Å². The minimum atomic E-state index is -2.56. The predicted octanol–water partition coefficient (Wildman–Crippen LogP) is 1.22. The van der Waals surface area contributed by atoms with Gasteiger partial charge in [-0.3, -0.25) is 4.57 Å². The van der Waals surface area contributed by atoms with Gasteiger partial charge in [-0.2, -0.15) is 5.10 Å². The third-order valence-corrected chi connectivity index (χ3v) is 3.24. The molecule has 1 fully saturated rings. The summed E-state index contributed by atoms with van der Waals surface area (Å²) in [4.78, 5) is 11.9. The van der Waals surface area contributed by atoms with Gasteiger partial charge in [0.2, 0.25) is 0 Å². The highest BCUT2D eigenvalue weighted by atomic mass is 35.5. The standard InChI is InChI=1S/C11H18F2N4O.ClH/c1-2-16-10(8-4-3-5-14-6-8)15-17(11(16)18)7-9(12)13;/h8-9,14H,2-7H2,1H3;1H. The van der Waals surface area contributed by atoms with Crippen LogP contribution in [-0.4, -0.2) is 33.9 Å². The molecule has 8 heteroatoms. The van der Waals surface area contributed by atoms with Crippen molar-refractivity contribution in [1.82, 2.24) is 19.7 Å². The third kappa shape index (κ3) is 3.54. The van der Waals surface area contributed by atoms with Gasteiger partial charge < -0.3 is 5.32 Å². The van der Waals surface area contributed by atoms with Gasteiger partial charge in [0.1, 0.15) is 12.4 Å². The second kappa shape index (κ2) is 7.00. The number of piperidine rings is 1. The van der Waals surface area contributed by atoms with Crippen molar-refractivity contribution in [2.45, 2.75) is 45.2 Å². The Bertz CT molecular complexity index is 454. The van der Waals surface area contributed by atoms with Crippen LogP contribution in [0, 0.1) is 0 Å². The average molecular weight is 297 g/mol. The Morgan fingerprint density at radius 1 is 1.53 bits per heavy atom. The highest BCUT2D eigenvalue weighted by Gasteiger charge is 2.23. The molecule has 1 N–H and O–H groups in total. The first-order valence-electron chi connectivity index (χ1n) is 6.30. The van der Waals surface area contributed by atoms with Crippen LogP contribution in [-0.2, 0) is 13.1 Å². The summed E-state index contributed by atoms with van der Waals surface area (Å²) in [5, 5.41) is 7.33. The molecule has 0 aromatic carbocycles. The molecule has 1 saturated heterocycles. The van der Waals surface area contributed by atoms with Crippen LogP contribution < -0.4 is 11.0 Å². The quantitative estimate of drug-likeness (QED) is 0.909. The molecule has 1 aliphatic heterocycles. The fourth-order valence-electron chi connectivity index (χ4n) is 2.38. The summed E-state index contributed by atoms with van der Waals surface area (Å²) in [6.07, 6.45) is -0.595. The first kappa shape index (κ1) is 16.1. The number of nitrogens with one attached hydrogen (secondary N) is 1. The molecule has 0 amide bonds. The summed E-state index contributed by atoms with van der Waals surface area (Å²) in [5.74, 6) is 0.778. The number of halogens is 3. The van der Waals surface area contributed by atoms with Crippen molar-refractivity contribution in [2.75, 3.05) is 13.1 Å². The Hall–Kier alpha value is -0.950. The number of nitrogens with zero attached hydrogens (tertiary/aromatic N) is 3. The molecule has 0 bridgehead atoms. The number of alkyl halides is 2. The van der Waals surface area contributed by atoms with Gasteiger partial charge in [0, 0.05) is 19.0 Å². The first-order valence-corrected chi connectivity index (χ1v) is 6.30. The van der Waals surface area contributed by atoms with Gasteiger partial charge in [-0.15, -0.1) is 12.4 Å². The highest BCUT2D eigenvalue weighted by Crippen LogP contribution is 2.20. The second-order valence-corrected chi connectivity index (χ2v) is 4.50. The lowest BCUT2D eigenvalue weighted by Gasteiger charge is -2.21. The van der Waals surface area contributed by atoms with E-state index in [4.69, 9.17) is 0 Å². The molecule has 2 rings (SSSR count). The van der Waals surface area contributed by atoms with Crippen molar-refractivity contribution in [1.29, 1.82) is 0 Å². The lowest BCUT2D eigenvalue weighted by atomic mass is 9.99. The molecule has 1 aromatic rings. The van der Waals surface area contributed by atoms with E-state index >= 15 is 0 Å². The van der Waals surface area contributed by atoms with Crippen LogP contribution in [0.15, 0.2) is 4.79 Å². The molecule has 1 atom stereocenters. The number of rotatable bonds is 4. The number of hydrogen-bond acceptors (Lipinski definition) is 3. The molecule has 0 spiro atoms. The van der Waals surface area contributed by atoms with Gasteiger partial charge in [-0.25, -0.2) is 18.3 Å². The zero-order chi connectivity index (χ0) is 13.1. The van der Waals surface area contributed by atoms with Crippen molar-refractivity contribution in [3.63, 3.8) is 0 Å². The molecule has 110 valence electrons. The summed E-state index contributed by atoms with van der Waals surface area (Å²) in [7, 11) is 0. The van der Waals surface area contributed by atoms with Crippen molar-refractivity contribution < 1.29 is 8.78 Å². The predicted molar refractivity (Wildman–Crippen MR) is 70.3 cm³/mol. The van der Waals surface area contributed by atoms with E-state index in [1.807, 2.05) is 6.92 Å². The van der Waals surface area contributed by atoms with Crippen molar-refractivity contribution in [3.8, 4) is 0 Å². The van der Waals surface area contributed by atoms with E-state index in [1.165, 1.54) is 4.57 Å². The SMILES string of the molecule is CCn1c(C2CCCNC2)nn(CC(F)F)c1=O.Cl. The molecule has 1 aliphatic rings. The minimum Gasteiger partial charge on any atom is -0.316 e. The molecule has 1 aromatic heterocycles. The number of aromatic nitrogens is 3. The number of hydrogen-bond donors (Lipinski definition) is 1. The Balaban J connectivity index is 0.00000180. The van der Waals surface area contributed by atoms with E-state index in [9.17, 15) is 13.6 Å². The zero-order valence-electron chi connectivity index (χ0n) is 10.8. The van der Waals surface area contributed by atoms with Crippen LogP contribution in [0.2, 0.25) is 0 Å². The molecule has 5 nitrogen and oxygen atoms in total. The minimum absolute atomic E-state index is 0.